The highest BCUT2D eigenvalue weighted by Gasteiger charge is 2.27. The zero-order valence-electron chi connectivity index (χ0n) is 18.9. The molecule has 184 valence electrons. The molecule has 1 aliphatic heterocycles. The summed E-state index contributed by atoms with van der Waals surface area (Å²) in [6.07, 6.45) is 3.97. The lowest BCUT2D eigenvalue weighted by atomic mass is 10.1. The maximum absolute atomic E-state index is 14.4. The Labute approximate surface area is 193 Å². The van der Waals surface area contributed by atoms with Gasteiger partial charge in [-0.05, 0) is 56.3 Å². The summed E-state index contributed by atoms with van der Waals surface area (Å²) in [4.78, 5) is 14.3. The van der Waals surface area contributed by atoms with Gasteiger partial charge >= 0.3 is 0 Å². The van der Waals surface area contributed by atoms with Crippen molar-refractivity contribution in [3.05, 3.63) is 40.0 Å². The number of nitrogens with zero attached hydrogens (tertiary/aromatic N) is 3. The van der Waals surface area contributed by atoms with Crippen LogP contribution in [0.5, 0.6) is 5.75 Å². The first kappa shape index (κ1) is 26.8. The van der Waals surface area contributed by atoms with Crippen LogP contribution in [-0.2, 0) is 19.0 Å². The molecule has 2 rings (SSSR count). The topological polar surface area (TPSA) is 141 Å². The molecule has 11 heteroatoms. The molecule has 10 nitrogen and oxygen atoms in total. The van der Waals surface area contributed by atoms with Crippen molar-refractivity contribution in [3.63, 3.8) is 0 Å². The van der Waals surface area contributed by atoms with Crippen molar-refractivity contribution in [1.29, 1.82) is 0 Å². The van der Waals surface area contributed by atoms with E-state index in [1.165, 1.54) is 6.07 Å². The van der Waals surface area contributed by atoms with Gasteiger partial charge in [-0.15, -0.1) is 0 Å². The van der Waals surface area contributed by atoms with Gasteiger partial charge in [0.15, 0.2) is 17.9 Å². The molecule has 0 spiro atoms. The first-order chi connectivity index (χ1) is 16.1. The lowest BCUT2D eigenvalue weighted by molar-refractivity contribution is -0.121. The van der Waals surface area contributed by atoms with Crippen LogP contribution in [0.15, 0.2) is 23.3 Å². The molecule has 0 aliphatic carbocycles. The highest BCUT2D eigenvalue weighted by atomic mass is 19.1. The van der Waals surface area contributed by atoms with Crippen molar-refractivity contribution in [2.75, 3.05) is 46.1 Å². The van der Waals surface area contributed by atoms with Gasteiger partial charge in [0.1, 0.15) is 6.61 Å². The van der Waals surface area contributed by atoms with Gasteiger partial charge in [0.05, 0.1) is 25.9 Å². The minimum absolute atomic E-state index is 0.00613. The second-order valence-corrected chi connectivity index (χ2v) is 7.62. The fourth-order valence-electron chi connectivity index (χ4n) is 3.25. The molecule has 3 N–H and O–H groups in total. The minimum atomic E-state index is -0.568. The van der Waals surface area contributed by atoms with Gasteiger partial charge < -0.3 is 30.0 Å². The van der Waals surface area contributed by atoms with Gasteiger partial charge in [0.25, 0.3) is 0 Å². The molecular weight excluding hydrogens is 433 g/mol. The summed E-state index contributed by atoms with van der Waals surface area (Å²) in [6.45, 7) is 2.71. The van der Waals surface area contributed by atoms with Crippen LogP contribution in [0, 0.1) is 5.82 Å². The van der Waals surface area contributed by atoms with Gasteiger partial charge in [-0.2, -0.15) is 0 Å². The SMILES string of the molecule is [N-]=[N+]=NCCCCC(=O)NCCOCCOc1ccc(C2OCC(CCCCN)O2)cc1F. The van der Waals surface area contributed by atoms with E-state index in [4.69, 9.17) is 30.2 Å². The summed E-state index contributed by atoms with van der Waals surface area (Å²) in [5.74, 6) is -0.428. The number of benzene rings is 1. The van der Waals surface area contributed by atoms with E-state index in [0.717, 1.165) is 19.3 Å². The zero-order chi connectivity index (χ0) is 23.7. The molecule has 33 heavy (non-hydrogen) atoms. The van der Waals surface area contributed by atoms with Crippen LogP contribution in [0.3, 0.4) is 0 Å². The van der Waals surface area contributed by atoms with E-state index in [-0.39, 0.29) is 31.0 Å². The van der Waals surface area contributed by atoms with E-state index in [2.05, 4.69) is 15.3 Å². The highest BCUT2D eigenvalue weighted by Crippen LogP contribution is 2.31. The molecule has 2 atom stereocenters. The highest BCUT2D eigenvalue weighted by molar-refractivity contribution is 5.75. The maximum Gasteiger partial charge on any atom is 0.220 e. The molecule has 2 unspecified atom stereocenters. The fourth-order valence-corrected chi connectivity index (χ4v) is 3.25. The normalized spacial score (nSPS) is 17.5. The lowest BCUT2D eigenvalue weighted by Gasteiger charge is -2.13. The molecular formula is C22H34FN5O5. The molecule has 1 aromatic carbocycles. The Bertz CT molecular complexity index is 763. The second-order valence-electron chi connectivity index (χ2n) is 7.62. The number of hydrogen-bond acceptors (Lipinski definition) is 7. The molecule has 0 aromatic heterocycles. The number of carbonyl (C=O) groups is 1. The number of carbonyl (C=O) groups excluding carboxylic acids is 1. The number of hydrogen-bond donors (Lipinski definition) is 2. The minimum Gasteiger partial charge on any atom is -0.488 e. The van der Waals surface area contributed by atoms with Gasteiger partial charge in [-0.25, -0.2) is 4.39 Å². The van der Waals surface area contributed by atoms with E-state index >= 15 is 0 Å². The number of halogens is 1. The Morgan fingerprint density at radius 1 is 1.27 bits per heavy atom. The van der Waals surface area contributed by atoms with Crippen LogP contribution in [-0.4, -0.2) is 58.1 Å². The van der Waals surface area contributed by atoms with Crippen molar-refractivity contribution in [1.82, 2.24) is 5.32 Å². The standard InChI is InChI=1S/C22H34FN5O5/c23-19-15-17(22-32-16-18(33-22)5-1-3-9-24)7-8-20(19)31-14-13-30-12-11-26-21(29)6-2-4-10-27-28-25/h7-8,15,18,22H,1-6,9-14,16,24H2,(H,26,29). The molecule has 1 fully saturated rings. The van der Waals surface area contributed by atoms with Gasteiger partial charge in [-0.3, -0.25) is 4.79 Å². The average molecular weight is 468 g/mol. The number of ether oxygens (including phenoxy) is 4. The molecule has 1 aliphatic rings. The summed E-state index contributed by atoms with van der Waals surface area (Å²) < 4.78 is 36.7. The van der Waals surface area contributed by atoms with Crippen molar-refractivity contribution >= 4 is 5.91 Å². The third-order valence-electron chi connectivity index (χ3n) is 4.99. The van der Waals surface area contributed by atoms with Crippen molar-refractivity contribution in [3.8, 4) is 5.75 Å². The Morgan fingerprint density at radius 2 is 2.15 bits per heavy atom. The molecule has 0 saturated carbocycles. The monoisotopic (exact) mass is 467 g/mol. The number of azide groups is 1. The van der Waals surface area contributed by atoms with E-state index in [1.54, 1.807) is 12.1 Å². The fraction of sp³-hybridized carbons (Fsp3) is 0.682. The van der Waals surface area contributed by atoms with E-state index in [9.17, 15) is 9.18 Å². The molecule has 0 radical (unpaired) electrons. The molecule has 1 aromatic rings. The number of nitrogens with two attached hydrogens (primary N) is 1. The van der Waals surface area contributed by atoms with Gasteiger partial charge in [0, 0.05) is 30.0 Å². The molecule has 1 saturated heterocycles. The van der Waals surface area contributed by atoms with Crippen molar-refractivity contribution in [2.24, 2.45) is 10.8 Å². The van der Waals surface area contributed by atoms with Crippen LogP contribution < -0.4 is 15.8 Å². The number of unbranched alkanes of at least 4 members (excludes halogenated alkanes) is 2. The van der Waals surface area contributed by atoms with Gasteiger partial charge in [0.2, 0.25) is 5.91 Å². The summed E-state index contributed by atoms with van der Waals surface area (Å²) in [5, 5.41) is 6.16. The Kier molecular flexibility index (Phi) is 13.2. The second kappa shape index (κ2) is 16.2. The first-order valence-electron chi connectivity index (χ1n) is 11.4. The lowest BCUT2D eigenvalue weighted by Crippen LogP contribution is -2.27. The van der Waals surface area contributed by atoms with Crippen LogP contribution in [0.4, 0.5) is 4.39 Å². The third-order valence-corrected chi connectivity index (χ3v) is 4.99. The predicted molar refractivity (Wildman–Crippen MR) is 120 cm³/mol. The van der Waals surface area contributed by atoms with Crippen LogP contribution in [0.1, 0.15) is 50.4 Å². The van der Waals surface area contributed by atoms with Crippen molar-refractivity contribution in [2.45, 2.75) is 50.9 Å². The number of rotatable bonds is 17. The average Bonchev–Trinajstić information content (AvgIpc) is 3.28. The van der Waals surface area contributed by atoms with Gasteiger partial charge in [-0.1, -0.05) is 11.2 Å². The predicted octanol–water partition coefficient (Wildman–Crippen LogP) is 3.36. The van der Waals surface area contributed by atoms with E-state index in [1.807, 2.05) is 0 Å². The molecule has 0 bridgehead atoms. The quantitative estimate of drug-likeness (QED) is 0.156. The van der Waals surface area contributed by atoms with Crippen LogP contribution in [0.2, 0.25) is 0 Å². The molecule has 1 heterocycles. The Balaban J connectivity index is 1.56. The zero-order valence-corrected chi connectivity index (χ0v) is 18.9. The third kappa shape index (κ3) is 10.8. The summed E-state index contributed by atoms with van der Waals surface area (Å²) >= 11 is 0. The summed E-state index contributed by atoms with van der Waals surface area (Å²) in [6, 6.07) is 4.65. The number of amides is 1. The Morgan fingerprint density at radius 3 is 2.94 bits per heavy atom. The number of nitrogens with one attached hydrogen (secondary N) is 1. The first-order valence-corrected chi connectivity index (χ1v) is 11.4. The van der Waals surface area contributed by atoms with E-state index < -0.39 is 12.1 Å². The largest absolute Gasteiger partial charge is 0.488 e. The smallest absolute Gasteiger partial charge is 0.220 e. The van der Waals surface area contributed by atoms with Crippen molar-refractivity contribution < 1.29 is 28.1 Å². The summed E-state index contributed by atoms with van der Waals surface area (Å²) in [7, 11) is 0. The maximum atomic E-state index is 14.4. The van der Waals surface area contributed by atoms with E-state index in [0.29, 0.717) is 57.7 Å². The Hall–Kier alpha value is -2.43. The summed E-state index contributed by atoms with van der Waals surface area (Å²) in [5.41, 5.74) is 14.3. The van der Waals surface area contributed by atoms with Crippen LogP contribution in [0.25, 0.3) is 10.4 Å². The van der Waals surface area contributed by atoms with Crippen LogP contribution >= 0.6 is 0 Å². The molecule has 1 amide bonds.